The van der Waals surface area contributed by atoms with Crippen molar-refractivity contribution in [3.8, 4) is 5.75 Å². The van der Waals surface area contributed by atoms with E-state index in [1.807, 2.05) is 53.4 Å². The van der Waals surface area contributed by atoms with Crippen molar-refractivity contribution in [1.82, 2.24) is 10.2 Å². The highest BCUT2D eigenvalue weighted by molar-refractivity contribution is 6.30. The average molecular weight is 373 g/mol. The van der Waals surface area contributed by atoms with E-state index >= 15 is 0 Å². The Balaban J connectivity index is 1.44. The fourth-order valence-corrected chi connectivity index (χ4v) is 3.67. The first-order valence-corrected chi connectivity index (χ1v) is 9.23. The molecule has 2 aliphatic rings. The first-order chi connectivity index (χ1) is 12.7. The van der Waals surface area contributed by atoms with Gasteiger partial charge in [0.25, 0.3) is 0 Å². The lowest BCUT2D eigenvalue weighted by molar-refractivity contribution is -0.0159. The molecule has 5 nitrogen and oxygen atoms in total. The van der Waals surface area contributed by atoms with Crippen molar-refractivity contribution in [1.29, 1.82) is 0 Å². The Bertz CT molecular complexity index is 798. The highest BCUT2D eigenvalue weighted by Crippen LogP contribution is 2.32. The summed E-state index contributed by atoms with van der Waals surface area (Å²) in [6.45, 7) is 2.20. The maximum absolute atomic E-state index is 12.8. The highest BCUT2D eigenvalue weighted by Gasteiger charge is 2.29. The van der Waals surface area contributed by atoms with Gasteiger partial charge in [-0.2, -0.15) is 0 Å². The molecule has 0 bridgehead atoms. The Morgan fingerprint density at radius 1 is 1.15 bits per heavy atom. The zero-order valence-electron chi connectivity index (χ0n) is 14.4. The molecule has 1 N–H and O–H groups in total. The fourth-order valence-electron chi connectivity index (χ4n) is 3.47. The lowest BCUT2D eigenvalue weighted by Crippen LogP contribution is -2.48. The van der Waals surface area contributed by atoms with Gasteiger partial charge in [0.2, 0.25) is 0 Å². The summed E-state index contributed by atoms with van der Waals surface area (Å²) in [6.07, 6.45) is 0.611. The predicted molar refractivity (Wildman–Crippen MR) is 99.5 cm³/mol. The number of hydrogen-bond acceptors (Lipinski definition) is 3. The Morgan fingerprint density at radius 2 is 2.04 bits per heavy atom. The lowest BCUT2D eigenvalue weighted by Gasteiger charge is -2.35. The average Bonchev–Trinajstić information content (AvgIpc) is 2.68. The number of nitrogens with zero attached hydrogens (tertiary/aromatic N) is 1. The van der Waals surface area contributed by atoms with Crippen LogP contribution in [0.2, 0.25) is 5.02 Å². The molecule has 2 aliphatic heterocycles. The molecular weight excluding hydrogens is 352 g/mol. The quantitative estimate of drug-likeness (QED) is 0.868. The molecule has 2 unspecified atom stereocenters. The summed E-state index contributed by atoms with van der Waals surface area (Å²) < 4.78 is 11.5. The van der Waals surface area contributed by atoms with Crippen molar-refractivity contribution in [2.75, 3.05) is 26.3 Å². The van der Waals surface area contributed by atoms with E-state index in [2.05, 4.69) is 5.32 Å². The predicted octanol–water partition coefficient (Wildman–Crippen LogP) is 3.95. The van der Waals surface area contributed by atoms with E-state index in [4.69, 9.17) is 21.1 Å². The van der Waals surface area contributed by atoms with Crippen LogP contribution in [0.5, 0.6) is 5.75 Å². The van der Waals surface area contributed by atoms with Crippen molar-refractivity contribution >= 4 is 17.6 Å². The molecule has 2 amide bonds. The summed E-state index contributed by atoms with van der Waals surface area (Å²) in [5.41, 5.74) is 2.03. The lowest BCUT2D eigenvalue weighted by atomic mass is 10.0. The normalized spacial score (nSPS) is 22.3. The van der Waals surface area contributed by atoms with Crippen molar-refractivity contribution in [2.45, 2.75) is 18.6 Å². The number of morpholine rings is 1. The third-order valence-corrected chi connectivity index (χ3v) is 5.07. The molecule has 0 aliphatic carbocycles. The number of hydrogen-bond donors (Lipinski definition) is 1. The summed E-state index contributed by atoms with van der Waals surface area (Å²) in [5, 5.41) is 3.83. The summed E-state index contributed by atoms with van der Waals surface area (Å²) in [5.74, 6) is 0.850. The molecule has 0 spiro atoms. The third-order valence-electron chi connectivity index (χ3n) is 4.83. The number of para-hydroxylation sites is 1. The van der Waals surface area contributed by atoms with E-state index in [0.29, 0.717) is 31.3 Å². The molecule has 6 heteroatoms. The Labute approximate surface area is 157 Å². The van der Waals surface area contributed by atoms with E-state index < -0.39 is 0 Å². The van der Waals surface area contributed by atoms with Gasteiger partial charge in [0.15, 0.2) is 0 Å². The molecular formula is C20H21ClN2O3. The summed E-state index contributed by atoms with van der Waals surface area (Å²) in [6, 6.07) is 15.4. The van der Waals surface area contributed by atoms with Crippen LogP contribution in [0.3, 0.4) is 0 Å². The summed E-state index contributed by atoms with van der Waals surface area (Å²) in [4.78, 5) is 14.6. The molecule has 2 atom stereocenters. The summed E-state index contributed by atoms with van der Waals surface area (Å²) >= 11 is 6.08. The van der Waals surface area contributed by atoms with E-state index in [1.54, 1.807) is 0 Å². The van der Waals surface area contributed by atoms with Crippen LogP contribution in [0.15, 0.2) is 48.5 Å². The monoisotopic (exact) mass is 372 g/mol. The minimum absolute atomic E-state index is 0.0279. The zero-order chi connectivity index (χ0) is 17.9. The van der Waals surface area contributed by atoms with Crippen molar-refractivity contribution in [2.24, 2.45) is 0 Å². The van der Waals surface area contributed by atoms with Gasteiger partial charge in [-0.15, -0.1) is 0 Å². The van der Waals surface area contributed by atoms with Gasteiger partial charge in [-0.05, 0) is 23.8 Å². The second-order valence-corrected chi connectivity index (χ2v) is 6.97. The van der Waals surface area contributed by atoms with Crippen LogP contribution >= 0.6 is 11.6 Å². The van der Waals surface area contributed by atoms with E-state index in [0.717, 1.165) is 23.3 Å². The van der Waals surface area contributed by atoms with Gasteiger partial charge in [0.05, 0.1) is 25.8 Å². The van der Waals surface area contributed by atoms with Gasteiger partial charge >= 0.3 is 6.03 Å². The maximum atomic E-state index is 12.8. The second-order valence-electron chi connectivity index (χ2n) is 6.54. The largest absolute Gasteiger partial charge is 0.493 e. The van der Waals surface area contributed by atoms with Crippen LogP contribution in [0.4, 0.5) is 4.79 Å². The highest BCUT2D eigenvalue weighted by atomic mass is 35.5. The zero-order valence-corrected chi connectivity index (χ0v) is 15.1. The van der Waals surface area contributed by atoms with Gasteiger partial charge in [0.1, 0.15) is 11.9 Å². The number of ether oxygens (including phenoxy) is 2. The third kappa shape index (κ3) is 3.64. The SMILES string of the molecule is O=C(NC1CCOc2ccccc21)N1CCOC(c2cccc(Cl)c2)C1. The van der Waals surface area contributed by atoms with Crippen LogP contribution < -0.4 is 10.1 Å². The Morgan fingerprint density at radius 3 is 2.92 bits per heavy atom. The molecule has 0 radical (unpaired) electrons. The molecule has 1 fully saturated rings. The summed E-state index contributed by atoms with van der Waals surface area (Å²) in [7, 11) is 0. The van der Waals surface area contributed by atoms with Gasteiger partial charge in [0, 0.05) is 23.6 Å². The first-order valence-electron chi connectivity index (χ1n) is 8.85. The Hall–Kier alpha value is -2.24. The number of rotatable bonds is 2. The molecule has 0 saturated carbocycles. The van der Waals surface area contributed by atoms with Crippen molar-refractivity contribution in [3.05, 3.63) is 64.7 Å². The number of nitrogens with one attached hydrogen (secondary N) is 1. The van der Waals surface area contributed by atoms with Crippen molar-refractivity contribution in [3.63, 3.8) is 0 Å². The van der Waals surface area contributed by atoms with Crippen LogP contribution in [-0.4, -0.2) is 37.2 Å². The minimum atomic E-state index is -0.157. The number of carbonyl (C=O) groups is 1. The second kappa shape index (κ2) is 7.56. The van der Waals surface area contributed by atoms with Crippen LogP contribution in [0, 0.1) is 0 Å². The van der Waals surface area contributed by atoms with Crippen LogP contribution in [-0.2, 0) is 4.74 Å². The Kier molecular flexibility index (Phi) is 5.00. The number of carbonyl (C=O) groups excluding carboxylic acids is 1. The van der Waals surface area contributed by atoms with Gasteiger partial charge in [-0.25, -0.2) is 4.79 Å². The van der Waals surface area contributed by atoms with Gasteiger partial charge in [-0.1, -0.05) is 41.9 Å². The number of halogens is 1. The molecule has 26 heavy (non-hydrogen) atoms. The standard InChI is InChI=1S/C20H21ClN2O3/c21-15-5-3-4-14(12-15)19-13-23(9-11-26-19)20(24)22-17-8-10-25-18-7-2-1-6-16(17)18/h1-7,12,17,19H,8-11,13H2,(H,22,24). The fraction of sp³-hybridized carbons (Fsp3) is 0.350. The molecule has 136 valence electrons. The van der Waals surface area contributed by atoms with Crippen LogP contribution in [0.1, 0.15) is 29.7 Å². The van der Waals surface area contributed by atoms with E-state index in [9.17, 15) is 4.79 Å². The van der Waals surface area contributed by atoms with E-state index in [-0.39, 0.29) is 18.2 Å². The minimum Gasteiger partial charge on any atom is -0.493 e. The molecule has 2 aromatic carbocycles. The van der Waals surface area contributed by atoms with Crippen LogP contribution in [0.25, 0.3) is 0 Å². The molecule has 1 saturated heterocycles. The molecule has 0 aromatic heterocycles. The smallest absolute Gasteiger partial charge is 0.318 e. The topological polar surface area (TPSA) is 50.8 Å². The first kappa shape index (κ1) is 17.2. The number of benzene rings is 2. The number of amides is 2. The number of fused-ring (bicyclic) bond motifs is 1. The van der Waals surface area contributed by atoms with Gasteiger partial charge in [-0.3, -0.25) is 0 Å². The number of urea groups is 1. The molecule has 4 rings (SSSR count). The molecule has 2 aromatic rings. The maximum Gasteiger partial charge on any atom is 0.318 e. The van der Waals surface area contributed by atoms with E-state index in [1.165, 1.54) is 0 Å². The van der Waals surface area contributed by atoms with Crippen molar-refractivity contribution < 1.29 is 14.3 Å². The molecule has 2 heterocycles. The van der Waals surface area contributed by atoms with Gasteiger partial charge < -0.3 is 19.7 Å².